The summed E-state index contributed by atoms with van der Waals surface area (Å²) in [6.45, 7) is 4.28. The van der Waals surface area contributed by atoms with E-state index in [-0.39, 0.29) is 0 Å². The van der Waals surface area contributed by atoms with Crippen LogP contribution in [0.3, 0.4) is 0 Å². The second-order valence-electron chi connectivity index (χ2n) is 5.54. The Morgan fingerprint density at radius 1 is 1.24 bits per heavy atom. The Morgan fingerprint density at radius 3 is 2.67 bits per heavy atom. The van der Waals surface area contributed by atoms with Gasteiger partial charge in [-0.15, -0.1) is 11.3 Å². The van der Waals surface area contributed by atoms with Gasteiger partial charge in [0, 0.05) is 23.4 Å². The minimum absolute atomic E-state index is 0.507. The molecule has 1 unspecified atom stereocenters. The van der Waals surface area contributed by atoms with Crippen molar-refractivity contribution in [3.63, 3.8) is 0 Å². The molecule has 0 radical (unpaired) electrons. The third-order valence-corrected chi connectivity index (χ3v) is 4.33. The normalized spacial score (nSPS) is 12.8. The highest BCUT2D eigenvalue weighted by Gasteiger charge is 2.12. The van der Waals surface area contributed by atoms with E-state index in [1.807, 2.05) is 6.07 Å². The molecule has 0 saturated heterocycles. The van der Waals surface area contributed by atoms with Crippen LogP contribution in [-0.2, 0) is 6.42 Å². The zero-order valence-electron chi connectivity index (χ0n) is 13.2. The minimum atomic E-state index is 0.507. The van der Waals surface area contributed by atoms with E-state index in [0.717, 1.165) is 31.6 Å². The van der Waals surface area contributed by atoms with Crippen LogP contribution in [0, 0.1) is 0 Å². The number of nitrogens with zero attached hydrogens (tertiary/aromatic N) is 2. The number of hydrogen-bond acceptors (Lipinski definition) is 4. The quantitative estimate of drug-likeness (QED) is 0.811. The van der Waals surface area contributed by atoms with Crippen molar-refractivity contribution in [2.75, 3.05) is 27.2 Å². The molecule has 0 bridgehead atoms. The lowest BCUT2D eigenvalue weighted by Gasteiger charge is -2.19. The minimum Gasteiger partial charge on any atom is -0.314 e. The summed E-state index contributed by atoms with van der Waals surface area (Å²) in [5.41, 5.74) is 2.30. The van der Waals surface area contributed by atoms with Crippen molar-refractivity contribution in [3.8, 4) is 11.3 Å². The maximum Gasteiger partial charge on any atom is 0.0948 e. The van der Waals surface area contributed by atoms with Gasteiger partial charge in [-0.2, -0.15) is 0 Å². The molecule has 3 nitrogen and oxygen atoms in total. The fourth-order valence-corrected chi connectivity index (χ4v) is 3.22. The van der Waals surface area contributed by atoms with Crippen LogP contribution in [0.25, 0.3) is 11.3 Å². The Labute approximate surface area is 132 Å². The molecule has 114 valence electrons. The first-order chi connectivity index (χ1) is 10.2. The molecule has 1 heterocycles. The van der Waals surface area contributed by atoms with Crippen LogP contribution >= 0.6 is 11.3 Å². The highest BCUT2D eigenvalue weighted by Crippen LogP contribution is 2.22. The van der Waals surface area contributed by atoms with Crippen LogP contribution in [0.15, 0.2) is 35.7 Å². The predicted octanol–water partition coefficient (Wildman–Crippen LogP) is 3.28. The standard InChI is InChI=1S/C17H25N3S/c1-4-18-15(10-11-20(2)3)12-17-19-16(13-21-17)14-8-6-5-7-9-14/h5-9,13,15,18H,4,10-12H2,1-3H3. The fraction of sp³-hybridized carbons (Fsp3) is 0.471. The van der Waals surface area contributed by atoms with E-state index < -0.39 is 0 Å². The Hall–Kier alpha value is -1.23. The first-order valence-electron chi connectivity index (χ1n) is 7.57. The number of rotatable bonds is 8. The summed E-state index contributed by atoms with van der Waals surface area (Å²) in [5, 5.41) is 6.96. The molecule has 4 heteroatoms. The highest BCUT2D eigenvalue weighted by atomic mass is 32.1. The molecule has 0 aliphatic carbocycles. The van der Waals surface area contributed by atoms with Crippen molar-refractivity contribution < 1.29 is 0 Å². The van der Waals surface area contributed by atoms with E-state index in [1.54, 1.807) is 11.3 Å². The van der Waals surface area contributed by atoms with Crippen molar-refractivity contribution >= 4 is 11.3 Å². The second-order valence-corrected chi connectivity index (χ2v) is 6.49. The molecule has 2 rings (SSSR count). The number of benzene rings is 1. The SMILES string of the molecule is CCNC(CCN(C)C)Cc1nc(-c2ccccc2)cs1. The number of aromatic nitrogens is 1. The third kappa shape index (κ3) is 5.23. The molecule has 0 aliphatic rings. The molecule has 21 heavy (non-hydrogen) atoms. The van der Waals surface area contributed by atoms with Crippen LogP contribution in [0.5, 0.6) is 0 Å². The Balaban J connectivity index is 1.99. The zero-order valence-corrected chi connectivity index (χ0v) is 14.0. The van der Waals surface area contributed by atoms with Gasteiger partial charge < -0.3 is 10.2 Å². The summed E-state index contributed by atoms with van der Waals surface area (Å²) in [6.07, 6.45) is 2.17. The summed E-state index contributed by atoms with van der Waals surface area (Å²) in [4.78, 5) is 7.03. The maximum absolute atomic E-state index is 4.79. The average molecular weight is 303 g/mol. The van der Waals surface area contributed by atoms with Crippen LogP contribution < -0.4 is 5.32 Å². The molecule has 1 atom stereocenters. The third-order valence-electron chi connectivity index (χ3n) is 3.46. The lowest BCUT2D eigenvalue weighted by Crippen LogP contribution is -2.34. The van der Waals surface area contributed by atoms with Crippen molar-refractivity contribution in [2.45, 2.75) is 25.8 Å². The second kappa shape index (κ2) is 8.27. The molecule has 2 aromatic rings. The monoisotopic (exact) mass is 303 g/mol. The van der Waals surface area contributed by atoms with Gasteiger partial charge >= 0.3 is 0 Å². The highest BCUT2D eigenvalue weighted by molar-refractivity contribution is 7.09. The number of hydrogen-bond donors (Lipinski definition) is 1. The van der Waals surface area contributed by atoms with Gasteiger partial charge in [-0.3, -0.25) is 0 Å². The summed E-state index contributed by atoms with van der Waals surface area (Å²) < 4.78 is 0. The zero-order chi connectivity index (χ0) is 15.1. The van der Waals surface area contributed by atoms with E-state index in [9.17, 15) is 0 Å². The largest absolute Gasteiger partial charge is 0.314 e. The van der Waals surface area contributed by atoms with E-state index in [4.69, 9.17) is 4.98 Å². The molecule has 0 saturated carbocycles. The van der Waals surface area contributed by atoms with Gasteiger partial charge in [0.05, 0.1) is 10.7 Å². The topological polar surface area (TPSA) is 28.2 Å². The molecule has 0 fully saturated rings. The van der Waals surface area contributed by atoms with Crippen LogP contribution in [0.2, 0.25) is 0 Å². The molecule has 1 aromatic carbocycles. The number of likely N-dealkylation sites (N-methyl/N-ethyl adjacent to an activating group) is 1. The molecular weight excluding hydrogens is 278 g/mol. The van der Waals surface area contributed by atoms with Crippen LogP contribution in [0.4, 0.5) is 0 Å². The Kier molecular flexibility index (Phi) is 6.36. The lowest BCUT2D eigenvalue weighted by molar-refractivity contribution is 0.358. The van der Waals surface area contributed by atoms with Gasteiger partial charge in [-0.1, -0.05) is 37.3 Å². The van der Waals surface area contributed by atoms with E-state index in [1.165, 1.54) is 10.6 Å². The molecule has 1 aromatic heterocycles. The number of thiazole rings is 1. The van der Waals surface area contributed by atoms with Crippen molar-refractivity contribution in [3.05, 3.63) is 40.7 Å². The Bertz CT molecular complexity index is 522. The fourth-order valence-electron chi connectivity index (χ4n) is 2.34. The molecule has 0 spiro atoms. The maximum atomic E-state index is 4.79. The van der Waals surface area contributed by atoms with Gasteiger partial charge in [0.25, 0.3) is 0 Å². The first kappa shape index (κ1) is 16.1. The lowest BCUT2D eigenvalue weighted by atomic mass is 10.1. The molecular formula is C17H25N3S. The van der Waals surface area contributed by atoms with Gasteiger partial charge in [0.15, 0.2) is 0 Å². The number of nitrogens with one attached hydrogen (secondary N) is 1. The summed E-state index contributed by atoms with van der Waals surface area (Å²) in [6, 6.07) is 10.9. The molecule has 0 aliphatic heterocycles. The summed E-state index contributed by atoms with van der Waals surface area (Å²) in [5.74, 6) is 0. The first-order valence-corrected chi connectivity index (χ1v) is 8.45. The van der Waals surface area contributed by atoms with Gasteiger partial charge in [-0.25, -0.2) is 4.98 Å². The van der Waals surface area contributed by atoms with Crippen molar-refractivity contribution in [1.29, 1.82) is 0 Å². The van der Waals surface area contributed by atoms with Gasteiger partial charge in [0.1, 0.15) is 0 Å². The van der Waals surface area contributed by atoms with Gasteiger partial charge in [0.2, 0.25) is 0 Å². The summed E-state index contributed by atoms with van der Waals surface area (Å²) in [7, 11) is 4.25. The summed E-state index contributed by atoms with van der Waals surface area (Å²) >= 11 is 1.77. The van der Waals surface area contributed by atoms with E-state index in [2.05, 4.69) is 60.9 Å². The predicted molar refractivity (Wildman–Crippen MR) is 91.9 cm³/mol. The van der Waals surface area contributed by atoms with Crippen molar-refractivity contribution in [1.82, 2.24) is 15.2 Å². The van der Waals surface area contributed by atoms with Crippen molar-refractivity contribution in [2.24, 2.45) is 0 Å². The Morgan fingerprint density at radius 2 is 2.00 bits per heavy atom. The van der Waals surface area contributed by atoms with Crippen LogP contribution in [-0.4, -0.2) is 43.1 Å². The van der Waals surface area contributed by atoms with Gasteiger partial charge in [-0.05, 0) is 33.6 Å². The van der Waals surface area contributed by atoms with Crippen LogP contribution in [0.1, 0.15) is 18.4 Å². The molecule has 0 amide bonds. The van der Waals surface area contributed by atoms with E-state index >= 15 is 0 Å². The van der Waals surface area contributed by atoms with E-state index in [0.29, 0.717) is 6.04 Å². The molecule has 1 N–H and O–H groups in total. The average Bonchev–Trinajstić information content (AvgIpc) is 2.94. The smallest absolute Gasteiger partial charge is 0.0948 e.